The van der Waals surface area contributed by atoms with Crippen LogP contribution in [0.4, 0.5) is 0 Å². The minimum absolute atomic E-state index is 0.0106. The molecule has 4 heteroatoms. The van der Waals surface area contributed by atoms with Crippen molar-refractivity contribution in [2.24, 2.45) is 0 Å². The van der Waals surface area contributed by atoms with Gasteiger partial charge < -0.3 is 5.11 Å². The third-order valence-corrected chi connectivity index (χ3v) is 6.39. The van der Waals surface area contributed by atoms with Crippen molar-refractivity contribution < 1.29 is 5.11 Å². The number of nitrogens with zero attached hydrogens (tertiary/aromatic N) is 3. The molecular formula is C25H35N3O. The van der Waals surface area contributed by atoms with E-state index in [9.17, 15) is 5.11 Å². The average Bonchev–Trinajstić information content (AvgIpc) is 3.09. The molecule has 0 amide bonds. The number of phenols is 1. The van der Waals surface area contributed by atoms with E-state index in [1.165, 1.54) is 11.1 Å². The molecule has 3 rings (SSSR count). The highest BCUT2D eigenvalue weighted by molar-refractivity contribution is 5.75. The lowest BCUT2D eigenvalue weighted by atomic mass is 9.80. The fourth-order valence-corrected chi connectivity index (χ4v) is 3.47. The zero-order chi connectivity index (χ0) is 21.6. The molecule has 0 aliphatic carbocycles. The molecule has 0 spiro atoms. The summed E-state index contributed by atoms with van der Waals surface area (Å²) >= 11 is 0. The average molecular weight is 394 g/mol. The molecule has 0 fully saturated rings. The van der Waals surface area contributed by atoms with Crippen LogP contribution in [0.5, 0.6) is 5.75 Å². The van der Waals surface area contributed by atoms with Crippen LogP contribution in [0.3, 0.4) is 0 Å². The molecule has 3 aromatic rings. The maximum Gasteiger partial charge on any atom is 0.146 e. The summed E-state index contributed by atoms with van der Waals surface area (Å²) in [6, 6.07) is 10.4. The maximum absolute atomic E-state index is 11.1. The fourth-order valence-electron chi connectivity index (χ4n) is 3.47. The molecule has 0 saturated carbocycles. The number of hydrogen-bond acceptors (Lipinski definition) is 3. The maximum atomic E-state index is 11.1. The first-order valence-electron chi connectivity index (χ1n) is 10.7. The first-order valence-corrected chi connectivity index (χ1v) is 10.7. The summed E-state index contributed by atoms with van der Waals surface area (Å²) in [5.41, 5.74) is 5.81. The monoisotopic (exact) mass is 393 g/mol. The Balaban J connectivity index is 2.22. The van der Waals surface area contributed by atoms with E-state index in [1.54, 1.807) is 4.80 Å². The molecule has 1 unspecified atom stereocenters. The van der Waals surface area contributed by atoms with Gasteiger partial charge in [-0.1, -0.05) is 67.5 Å². The van der Waals surface area contributed by atoms with Crippen molar-refractivity contribution in [2.45, 2.75) is 85.0 Å². The lowest BCUT2D eigenvalue weighted by Gasteiger charge is -2.26. The van der Waals surface area contributed by atoms with E-state index in [2.05, 4.69) is 78.7 Å². The summed E-state index contributed by atoms with van der Waals surface area (Å²) < 4.78 is 0. The van der Waals surface area contributed by atoms with Gasteiger partial charge in [-0.05, 0) is 64.5 Å². The molecule has 1 heterocycles. The van der Waals surface area contributed by atoms with Gasteiger partial charge in [0.25, 0.3) is 0 Å². The predicted molar refractivity (Wildman–Crippen MR) is 121 cm³/mol. The van der Waals surface area contributed by atoms with Gasteiger partial charge in [-0.25, -0.2) is 0 Å². The first kappa shape index (κ1) is 21.4. The summed E-state index contributed by atoms with van der Waals surface area (Å²) in [5.74, 6) is 0.546. The van der Waals surface area contributed by atoms with Crippen LogP contribution in [0, 0.1) is 0 Å². The highest BCUT2D eigenvalue weighted by atomic mass is 16.3. The Morgan fingerprint density at radius 2 is 1.59 bits per heavy atom. The van der Waals surface area contributed by atoms with E-state index >= 15 is 0 Å². The largest absolute Gasteiger partial charge is 0.505 e. The Morgan fingerprint density at radius 3 is 2.17 bits per heavy atom. The van der Waals surface area contributed by atoms with Gasteiger partial charge in [0.1, 0.15) is 22.5 Å². The van der Waals surface area contributed by atoms with Gasteiger partial charge in [-0.2, -0.15) is 0 Å². The van der Waals surface area contributed by atoms with Gasteiger partial charge in [-0.3, -0.25) is 0 Å². The Labute approximate surface area is 175 Å². The molecule has 0 radical (unpaired) electrons. The Bertz CT molecular complexity index is 1020. The fraction of sp³-hybridized carbons (Fsp3) is 0.520. The van der Waals surface area contributed by atoms with Gasteiger partial charge in [0, 0.05) is 0 Å². The molecule has 0 saturated heterocycles. The molecular weight excluding hydrogens is 358 g/mol. The van der Waals surface area contributed by atoms with Crippen molar-refractivity contribution in [1.82, 2.24) is 15.0 Å². The van der Waals surface area contributed by atoms with E-state index in [0.717, 1.165) is 29.4 Å². The van der Waals surface area contributed by atoms with Crippen molar-refractivity contribution in [3.8, 4) is 11.4 Å². The van der Waals surface area contributed by atoms with Crippen molar-refractivity contribution in [3.63, 3.8) is 0 Å². The molecule has 1 atom stereocenters. The van der Waals surface area contributed by atoms with Crippen LogP contribution in [0.2, 0.25) is 0 Å². The predicted octanol–water partition coefficient (Wildman–Crippen LogP) is 6.62. The highest BCUT2D eigenvalue weighted by Gasteiger charge is 2.25. The van der Waals surface area contributed by atoms with Crippen molar-refractivity contribution >= 4 is 11.0 Å². The number of rotatable bonds is 5. The van der Waals surface area contributed by atoms with Gasteiger partial charge in [-0.15, -0.1) is 15.0 Å². The van der Waals surface area contributed by atoms with E-state index in [1.807, 2.05) is 12.1 Å². The molecule has 2 aromatic carbocycles. The van der Waals surface area contributed by atoms with Crippen LogP contribution < -0.4 is 0 Å². The summed E-state index contributed by atoms with van der Waals surface area (Å²) in [7, 11) is 0. The molecule has 0 bridgehead atoms. The quantitative estimate of drug-likeness (QED) is 0.529. The number of hydrogen-bond donors (Lipinski definition) is 1. The Hall–Kier alpha value is -2.36. The third-order valence-electron chi connectivity index (χ3n) is 6.39. The second-order valence-electron chi connectivity index (χ2n) is 9.92. The van der Waals surface area contributed by atoms with Gasteiger partial charge >= 0.3 is 0 Å². The molecule has 1 N–H and O–H groups in total. The Morgan fingerprint density at radius 1 is 0.931 bits per heavy atom. The molecule has 4 nitrogen and oxygen atoms in total. The second-order valence-corrected chi connectivity index (χ2v) is 9.92. The Kier molecular flexibility index (Phi) is 5.50. The van der Waals surface area contributed by atoms with Crippen LogP contribution >= 0.6 is 0 Å². The summed E-state index contributed by atoms with van der Waals surface area (Å²) in [4.78, 5) is 1.60. The van der Waals surface area contributed by atoms with Crippen LogP contribution in [0.25, 0.3) is 16.7 Å². The number of phenolic OH excluding ortho intramolecular Hbond substituents is 1. The highest BCUT2D eigenvalue weighted by Crippen LogP contribution is 2.39. The van der Waals surface area contributed by atoms with Crippen LogP contribution in [0.1, 0.15) is 90.8 Å². The third kappa shape index (κ3) is 4.03. The zero-order valence-electron chi connectivity index (χ0n) is 19.2. The topological polar surface area (TPSA) is 50.9 Å². The minimum atomic E-state index is 0.0106. The van der Waals surface area contributed by atoms with Crippen LogP contribution in [-0.4, -0.2) is 20.1 Å². The number of fused-ring (bicyclic) bond motifs is 1. The van der Waals surface area contributed by atoms with Gasteiger partial charge in [0.2, 0.25) is 0 Å². The standard InChI is InChI=1S/C25H35N3O/c1-9-16(3)19-13-18(25(7,8)10-2)15-22(23(19)29)28-26-20-12-11-17(24(4,5)6)14-21(20)27-28/h11-16,29H,9-10H2,1-8H3. The zero-order valence-corrected chi connectivity index (χ0v) is 19.2. The van der Waals surface area contributed by atoms with Crippen molar-refractivity contribution in [1.29, 1.82) is 0 Å². The van der Waals surface area contributed by atoms with E-state index in [0.29, 0.717) is 5.69 Å². The number of benzene rings is 2. The molecule has 1 aromatic heterocycles. The first-order chi connectivity index (χ1) is 13.5. The second kappa shape index (κ2) is 7.47. The summed E-state index contributed by atoms with van der Waals surface area (Å²) in [6.07, 6.45) is 1.98. The minimum Gasteiger partial charge on any atom is -0.505 e. The molecule has 0 aliphatic rings. The van der Waals surface area contributed by atoms with Crippen molar-refractivity contribution in [2.75, 3.05) is 0 Å². The molecule has 0 aliphatic heterocycles. The molecule has 29 heavy (non-hydrogen) atoms. The van der Waals surface area contributed by atoms with Gasteiger partial charge in [0.15, 0.2) is 0 Å². The summed E-state index contributed by atoms with van der Waals surface area (Å²) in [5, 5.41) is 20.5. The van der Waals surface area contributed by atoms with Crippen LogP contribution in [0.15, 0.2) is 30.3 Å². The normalized spacial score (nSPS) is 13.8. The summed E-state index contributed by atoms with van der Waals surface area (Å²) in [6.45, 7) is 17.6. The lowest BCUT2D eigenvalue weighted by Crippen LogP contribution is -2.17. The lowest BCUT2D eigenvalue weighted by molar-refractivity contribution is 0.450. The number of aromatic hydroxyl groups is 1. The SMILES string of the molecule is CCC(C)c1cc(C(C)(C)CC)cc(-n2nc3ccc(C(C)(C)C)cc3n2)c1O. The number of aromatic nitrogens is 3. The smallest absolute Gasteiger partial charge is 0.146 e. The van der Waals surface area contributed by atoms with E-state index < -0.39 is 0 Å². The van der Waals surface area contributed by atoms with E-state index in [-0.39, 0.29) is 22.5 Å². The molecule has 156 valence electrons. The van der Waals surface area contributed by atoms with Crippen LogP contribution in [-0.2, 0) is 10.8 Å². The van der Waals surface area contributed by atoms with E-state index in [4.69, 9.17) is 5.10 Å². The van der Waals surface area contributed by atoms with Gasteiger partial charge in [0.05, 0.1) is 0 Å². The van der Waals surface area contributed by atoms with Crippen molar-refractivity contribution in [3.05, 3.63) is 47.0 Å².